The lowest BCUT2D eigenvalue weighted by Crippen LogP contribution is -2.51. The highest BCUT2D eigenvalue weighted by atomic mass is 16.5. The van der Waals surface area contributed by atoms with Gasteiger partial charge in [0.15, 0.2) is 0 Å². The van der Waals surface area contributed by atoms with E-state index in [1.807, 2.05) is 17.0 Å². The summed E-state index contributed by atoms with van der Waals surface area (Å²) < 4.78 is 6.95. The maximum Gasteiger partial charge on any atom is 0.262 e. The van der Waals surface area contributed by atoms with Crippen LogP contribution in [0.3, 0.4) is 0 Å². The Balaban J connectivity index is 1.48. The summed E-state index contributed by atoms with van der Waals surface area (Å²) in [5.41, 5.74) is 0.457. The van der Waals surface area contributed by atoms with Crippen LogP contribution in [-0.4, -0.2) is 64.1 Å². The highest BCUT2D eigenvalue weighted by Crippen LogP contribution is 2.17. The molecule has 0 bridgehead atoms. The van der Waals surface area contributed by atoms with Gasteiger partial charge in [-0.05, 0) is 25.0 Å². The number of benzene rings is 1. The summed E-state index contributed by atoms with van der Waals surface area (Å²) >= 11 is 0. The molecule has 8 heteroatoms. The van der Waals surface area contributed by atoms with Gasteiger partial charge in [0.25, 0.3) is 11.5 Å². The van der Waals surface area contributed by atoms with E-state index in [2.05, 4.69) is 16.0 Å². The van der Waals surface area contributed by atoms with Gasteiger partial charge < -0.3 is 9.64 Å². The molecule has 0 radical (unpaired) electrons. The fraction of sp³-hybridized carbons (Fsp3) is 0.500. The van der Waals surface area contributed by atoms with Crippen LogP contribution in [0.25, 0.3) is 10.9 Å². The van der Waals surface area contributed by atoms with Crippen LogP contribution in [0.5, 0.6) is 0 Å². The van der Waals surface area contributed by atoms with E-state index in [1.54, 1.807) is 12.1 Å². The number of para-hydroxylation sites is 1. The number of hydrogen-bond acceptors (Lipinski definition) is 6. The fourth-order valence-electron chi connectivity index (χ4n) is 3.87. The molecule has 0 spiro atoms. The molecule has 1 aromatic carbocycles. The second-order valence-electron chi connectivity index (χ2n) is 7.20. The third-order valence-electron chi connectivity index (χ3n) is 5.42. The summed E-state index contributed by atoms with van der Waals surface area (Å²) in [4.78, 5) is 33.9. The van der Waals surface area contributed by atoms with Crippen LogP contribution in [0.4, 0.5) is 0 Å². The van der Waals surface area contributed by atoms with Gasteiger partial charge in [-0.25, -0.2) is 4.98 Å². The number of aromatic nitrogens is 2. The molecule has 2 aliphatic rings. The van der Waals surface area contributed by atoms with Crippen molar-refractivity contribution in [2.75, 3.05) is 32.8 Å². The molecule has 8 nitrogen and oxygen atoms in total. The van der Waals surface area contributed by atoms with Crippen LogP contribution in [0.2, 0.25) is 0 Å². The number of carbonyl (C=O) groups excluding carboxylic acids is 1. The summed E-state index contributed by atoms with van der Waals surface area (Å²) in [6, 6.07) is 9.25. The van der Waals surface area contributed by atoms with Crippen molar-refractivity contribution in [3.63, 3.8) is 0 Å². The smallest absolute Gasteiger partial charge is 0.262 e. The van der Waals surface area contributed by atoms with Crippen molar-refractivity contribution in [2.24, 2.45) is 0 Å². The Kier molecular flexibility index (Phi) is 5.37. The number of rotatable bonds is 4. The van der Waals surface area contributed by atoms with Crippen LogP contribution in [-0.2, 0) is 22.6 Å². The first-order valence-electron chi connectivity index (χ1n) is 9.65. The van der Waals surface area contributed by atoms with Gasteiger partial charge in [-0.3, -0.25) is 19.1 Å². The number of nitriles is 1. The summed E-state index contributed by atoms with van der Waals surface area (Å²) in [6.07, 6.45) is 1.47. The second kappa shape index (κ2) is 8.09. The molecule has 1 atom stereocenters. The molecule has 0 saturated carbocycles. The molecule has 1 aromatic heterocycles. The average Bonchev–Trinajstić information content (AvgIpc) is 3.26. The quantitative estimate of drug-likeness (QED) is 0.776. The summed E-state index contributed by atoms with van der Waals surface area (Å²) in [5, 5.41) is 9.66. The topological polar surface area (TPSA) is 91.5 Å². The molecule has 2 saturated heterocycles. The number of carbonyl (C=O) groups is 1. The summed E-state index contributed by atoms with van der Waals surface area (Å²) in [5.74, 6) is 0.673. The first-order valence-corrected chi connectivity index (χ1v) is 9.65. The lowest BCUT2D eigenvalue weighted by molar-refractivity contribution is -0.142. The normalized spacial score (nSPS) is 20.4. The molecule has 2 aliphatic heterocycles. The van der Waals surface area contributed by atoms with Gasteiger partial charge in [0.2, 0.25) is 0 Å². The van der Waals surface area contributed by atoms with Gasteiger partial charge in [-0.2, -0.15) is 5.26 Å². The summed E-state index contributed by atoms with van der Waals surface area (Å²) in [6.45, 7) is 3.79. The lowest BCUT2D eigenvalue weighted by Gasteiger charge is -2.35. The van der Waals surface area contributed by atoms with Crippen LogP contribution in [0.1, 0.15) is 18.7 Å². The Morgan fingerprint density at radius 2 is 2.04 bits per heavy atom. The molecule has 0 aliphatic carbocycles. The number of hydrogen-bond donors (Lipinski definition) is 0. The van der Waals surface area contributed by atoms with Gasteiger partial charge in [0.1, 0.15) is 18.5 Å². The van der Waals surface area contributed by atoms with E-state index < -0.39 is 0 Å². The van der Waals surface area contributed by atoms with E-state index in [-0.39, 0.29) is 24.1 Å². The molecule has 28 heavy (non-hydrogen) atoms. The van der Waals surface area contributed by atoms with E-state index in [1.165, 1.54) is 4.57 Å². The van der Waals surface area contributed by atoms with Crippen molar-refractivity contribution in [2.45, 2.75) is 32.0 Å². The molecular formula is C20H23N5O3. The molecule has 1 amide bonds. The highest BCUT2D eigenvalue weighted by Gasteiger charge is 2.30. The van der Waals surface area contributed by atoms with Crippen LogP contribution in [0.15, 0.2) is 29.1 Å². The van der Waals surface area contributed by atoms with E-state index in [0.717, 1.165) is 12.8 Å². The van der Waals surface area contributed by atoms with Crippen LogP contribution in [0, 0.1) is 11.3 Å². The third-order valence-corrected chi connectivity index (χ3v) is 5.42. The van der Waals surface area contributed by atoms with Gasteiger partial charge in [-0.15, -0.1) is 0 Å². The first-order chi connectivity index (χ1) is 13.7. The summed E-state index contributed by atoms with van der Waals surface area (Å²) in [7, 11) is 0. The van der Waals surface area contributed by atoms with Crippen molar-refractivity contribution < 1.29 is 9.53 Å². The second-order valence-corrected chi connectivity index (χ2v) is 7.20. The highest BCUT2D eigenvalue weighted by molar-refractivity contribution is 5.81. The van der Waals surface area contributed by atoms with Crippen molar-refractivity contribution in [1.82, 2.24) is 19.4 Å². The Hall–Kier alpha value is -2.76. The number of fused-ring (bicyclic) bond motifs is 1. The average molecular weight is 381 g/mol. The zero-order valence-corrected chi connectivity index (χ0v) is 15.7. The molecule has 0 unspecified atom stereocenters. The standard InChI is InChI=1S/C20H23N5O3/c21-7-8-25-18(22-16-5-2-1-4-15(16)19(25)26)14-23-9-11-24(12-10-23)20(27)17-6-3-13-28-17/h1-2,4-5,17H,3,6,8-14H2/t17-/m1/s1. The van der Waals surface area contributed by atoms with Crippen molar-refractivity contribution in [1.29, 1.82) is 5.26 Å². The van der Waals surface area contributed by atoms with Crippen LogP contribution < -0.4 is 5.56 Å². The van der Waals surface area contributed by atoms with Crippen LogP contribution >= 0.6 is 0 Å². The van der Waals surface area contributed by atoms with Gasteiger partial charge in [0, 0.05) is 32.8 Å². The third kappa shape index (κ3) is 3.63. The molecule has 2 fully saturated rings. The van der Waals surface area contributed by atoms with Crippen molar-refractivity contribution in [3.05, 3.63) is 40.4 Å². The predicted molar refractivity (Wildman–Crippen MR) is 102 cm³/mol. The Labute approximate surface area is 162 Å². The largest absolute Gasteiger partial charge is 0.368 e. The maximum absolute atomic E-state index is 12.8. The number of nitrogens with zero attached hydrogens (tertiary/aromatic N) is 5. The number of piperazine rings is 1. The van der Waals surface area contributed by atoms with E-state index >= 15 is 0 Å². The van der Waals surface area contributed by atoms with Crippen molar-refractivity contribution >= 4 is 16.8 Å². The van der Waals surface area contributed by atoms with E-state index in [0.29, 0.717) is 56.1 Å². The Morgan fingerprint density at radius 3 is 2.75 bits per heavy atom. The minimum absolute atomic E-state index is 0.0243. The van der Waals surface area contributed by atoms with Gasteiger partial charge in [-0.1, -0.05) is 12.1 Å². The minimum atomic E-state index is -0.283. The van der Waals surface area contributed by atoms with E-state index in [9.17, 15) is 9.59 Å². The first kappa shape index (κ1) is 18.6. The zero-order chi connectivity index (χ0) is 19.5. The Morgan fingerprint density at radius 1 is 1.25 bits per heavy atom. The molecule has 146 valence electrons. The zero-order valence-electron chi connectivity index (χ0n) is 15.7. The van der Waals surface area contributed by atoms with E-state index in [4.69, 9.17) is 10.00 Å². The molecule has 2 aromatic rings. The maximum atomic E-state index is 12.8. The van der Waals surface area contributed by atoms with Crippen molar-refractivity contribution in [3.8, 4) is 6.07 Å². The molecule has 0 N–H and O–H groups in total. The van der Waals surface area contributed by atoms with Gasteiger partial charge in [0.05, 0.1) is 23.5 Å². The molecule has 4 rings (SSSR count). The minimum Gasteiger partial charge on any atom is -0.368 e. The fourth-order valence-corrected chi connectivity index (χ4v) is 3.87. The molecule has 3 heterocycles. The Bertz CT molecular complexity index is 966. The lowest BCUT2D eigenvalue weighted by atomic mass is 10.2. The number of amides is 1. The number of ether oxygens (including phenoxy) is 1. The monoisotopic (exact) mass is 381 g/mol. The van der Waals surface area contributed by atoms with Gasteiger partial charge >= 0.3 is 0 Å². The molecular weight excluding hydrogens is 358 g/mol. The SMILES string of the molecule is N#CCn1c(CN2CCN(C(=O)[C@H]3CCCO3)CC2)nc2ccccc2c1=O. The predicted octanol–water partition coefficient (Wildman–Crippen LogP) is 0.743.